The number of nitrogens with one attached hydrogen (secondary N) is 1. The summed E-state index contributed by atoms with van der Waals surface area (Å²) >= 11 is 1.50. The molecule has 0 aliphatic carbocycles. The van der Waals surface area contributed by atoms with E-state index in [0.717, 1.165) is 15.6 Å². The fourth-order valence-corrected chi connectivity index (χ4v) is 4.13. The number of rotatable bonds is 9. The third kappa shape index (κ3) is 5.98. The first-order chi connectivity index (χ1) is 12.8. The second-order valence-electron chi connectivity index (χ2n) is 5.91. The van der Waals surface area contributed by atoms with Gasteiger partial charge < -0.3 is 10.1 Å². The summed E-state index contributed by atoms with van der Waals surface area (Å²) in [5.41, 5.74) is 1.57. The molecule has 8 heteroatoms. The highest BCUT2D eigenvalue weighted by Gasteiger charge is 2.23. The van der Waals surface area contributed by atoms with Crippen molar-refractivity contribution < 1.29 is 17.9 Å². The lowest BCUT2D eigenvalue weighted by molar-refractivity contribution is -0.113. The van der Waals surface area contributed by atoms with Crippen molar-refractivity contribution in [3.8, 4) is 5.75 Å². The highest BCUT2D eigenvalue weighted by molar-refractivity contribution is 7.99. The minimum Gasteiger partial charge on any atom is -0.492 e. The number of carbonyl (C=O) groups excluding carboxylic acids is 1. The molecule has 0 aliphatic rings. The van der Waals surface area contributed by atoms with Crippen molar-refractivity contribution in [1.82, 2.24) is 4.31 Å². The van der Waals surface area contributed by atoms with Crippen molar-refractivity contribution in [2.75, 3.05) is 31.8 Å². The Morgan fingerprint density at radius 3 is 2.48 bits per heavy atom. The number of thioether (sulfide) groups is 1. The number of sulfonamides is 1. The van der Waals surface area contributed by atoms with E-state index < -0.39 is 10.0 Å². The molecule has 6 nitrogen and oxygen atoms in total. The summed E-state index contributed by atoms with van der Waals surface area (Å²) < 4.78 is 31.6. The van der Waals surface area contributed by atoms with Crippen LogP contribution in [0.5, 0.6) is 5.75 Å². The molecule has 0 spiro atoms. The van der Waals surface area contributed by atoms with Crippen molar-refractivity contribution in [1.29, 1.82) is 0 Å². The largest absolute Gasteiger partial charge is 0.492 e. The molecule has 0 fully saturated rings. The van der Waals surface area contributed by atoms with E-state index in [1.807, 2.05) is 30.3 Å². The number of hydrogen-bond acceptors (Lipinski definition) is 5. The molecule has 0 bridgehead atoms. The van der Waals surface area contributed by atoms with Crippen LogP contribution in [0.3, 0.4) is 0 Å². The van der Waals surface area contributed by atoms with Crippen molar-refractivity contribution in [3.05, 3.63) is 54.1 Å². The maximum absolute atomic E-state index is 12.5. The van der Waals surface area contributed by atoms with E-state index in [4.69, 9.17) is 4.74 Å². The number of carbonyl (C=O) groups is 1. The highest BCUT2D eigenvalue weighted by Crippen LogP contribution is 2.29. The summed E-state index contributed by atoms with van der Waals surface area (Å²) in [4.78, 5) is 12.2. The Morgan fingerprint density at radius 1 is 1.15 bits per heavy atom. The Morgan fingerprint density at radius 2 is 1.85 bits per heavy atom. The summed E-state index contributed by atoms with van der Waals surface area (Å²) in [6, 6.07) is 14.5. The van der Waals surface area contributed by atoms with Crippen LogP contribution in [0.1, 0.15) is 12.5 Å². The fourth-order valence-electron chi connectivity index (χ4n) is 2.29. The zero-order valence-corrected chi connectivity index (χ0v) is 17.3. The molecule has 0 saturated carbocycles. The van der Waals surface area contributed by atoms with Crippen LogP contribution in [0.25, 0.3) is 0 Å². The summed E-state index contributed by atoms with van der Waals surface area (Å²) in [6.45, 7) is 2.13. The molecule has 0 saturated heterocycles. The van der Waals surface area contributed by atoms with Gasteiger partial charge in [0.25, 0.3) is 0 Å². The Balaban J connectivity index is 2.06. The number of benzene rings is 2. The average molecular weight is 409 g/mol. The van der Waals surface area contributed by atoms with Crippen LogP contribution in [0.2, 0.25) is 0 Å². The summed E-state index contributed by atoms with van der Waals surface area (Å²) in [5, 5.41) is 2.75. The van der Waals surface area contributed by atoms with Crippen LogP contribution >= 0.6 is 11.8 Å². The van der Waals surface area contributed by atoms with Crippen molar-refractivity contribution in [2.45, 2.75) is 17.6 Å². The molecule has 0 heterocycles. The first kappa shape index (κ1) is 21.3. The van der Waals surface area contributed by atoms with Crippen LogP contribution in [0.4, 0.5) is 5.69 Å². The van der Waals surface area contributed by atoms with Crippen LogP contribution in [0.15, 0.2) is 53.4 Å². The molecule has 0 aromatic heterocycles. The van der Waals surface area contributed by atoms with Gasteiger partial charge in [0.2, 0.25) is 15.9 Å². The summed E-state index contributed by atoms with van der Waals surface area (Å²) in [6.07, 6.45) is 0. The number of amides is 1. The van der Waals surface area contributed by atoms with E-state index in [9.17, 15) is 13.2 Å². The van der Waals surface area contributed by atoms with Gasteiger partial charge in [-0.3, -0.25) is 4.79 Å². The predicted molar refractivity (Wildman–Crippen MR) is 110 cm³/mol. The summed E-state index contributed by atoms with van der Waals surface area (Å²) in [7, 11) is -0.779. The van der Waals surface area contributed by atoms with Crippen LogP contribution in [0, 0.1) is 0 Å². The number of hydrogen-bond donors (Lipinski definition) is 1. The quantitative estimate of drug-likeness (QED) is 0.690. The van der Waals surface area contributed by atoms with Crippen molar-refractivity contribution in [2.24, 2.45) is 0 Å². The molecule has 146 valence electrons. The maximum atomic E-state index is 12.5. The zero-order chi connectivity index (χ0) is 19.9. The predicted octanol–water partition coefficient (Wildman–Crippen LogP) is 3.21. The third-order valence-corrected chi connectivity index (χ3v) is 6.47. The van der Waals surface area contributed by atoms with Crippen molar-refractivity contribution >= 4 is 33.4 Å². The molecule has 1 N–H and O–H groups in total. The van der Waals surface area contributed by atoms with E-state index in [-0.39, 0.29) is 22.3 Å². The molecule has 27 heavy (non-hydrogen) atoms. The van der Waals surface area contributed by atoms with Gasteiger partial charge in [-0.25, -0.2) is 12.7 Å². The molecule has 0 unspecified atom stereocenters. The Hall–Kier alpha value is -2.03. The molecule has 2 aromatic carbocycles. The third-order valence-electron chi connectivity index (χ3n) is 3.63. The van der Waals surface area contributed by atoms with Gasteiger partial charge in [-0.15, -0.1) is 11.8 Å². The van der Waals surface area contributed by atoms with E-state index in [0.29, 0.717) is 12.3 Å². The molecular weight excluding hydrogens is 384 g/mol. The van der Waals surface area contributed by atoms with Gasteiger partial charge in [0.15, 0.2) is 0 Å². The number of nitrogens with zero attached hydrogens (tertiary/aromatic N) is 1. The van der Waals surface area contributed by atoms with Crippen LogP contribution in [-0.2, 0) is 20.6 Å². The normalized spacial score (nSPS) is 11.4. The standard InChI is InChI=1S/C19H24N2O4S2/c1-4-25-17-11-10-16(12-18(17)27(23,24)21(2)3)20-19(22)14-26-13-15-8-6-5-7-9-15/h5-12H,4,13-14H2,1-3H3,(H,20,22). The smallest absolute Gasteiger partial charge is 0.246 e. The second-order valence-corrected chi connectivity index (χ2v) is 9.01. The lowest BCUT2D eigenvalue weighted by Crippen LogP contribution is -2.23. The van der Waals surface area contributed by atoms with Gasteiger partial charge in [0, 0.05) is 25.5 Å². The maximum Gasteiger partial charge on any atom is 0.246 e. The van der Waals surface area contributed by atoms with Gasteiger partial charge in [-0.05, 0) is 30.7 Å². The summed E-state index contributed by atoms with van der Waals surface area (Å²) in [5.74, 6) is 1.09. The van der Waals surface area contributed by atoms with Gasteiger partial charge in [-0.1, -0.05) is 30.3 Å². The van der Waals surface area contributed by atoms with Crippen LogP contribution < -0.4 is 10.1 Å². The van der Waals surface area contributed by atoms with Gasteiger partial charge in [-0.2, -0.15) is 0 Å². The number of anilines is 1. The second kappa shape index (κ2) is 9.77. The van der Waals surface area contributed by atoms with Gasteiger partial charge in [0.1, 0.15) is 10.6 Å². The lowest BCUT2D eigenvalue weighted by atomic mass is 10.2. The monoisotopic (exact) mass is 408 g/mol. The molecule has 0 radical (unpaired) electrons. The SMILES string of the molecule is CCOc1ccc(NC(=O)CSCc2ccccc2)cc1S(=O)(=O)N(C)C. The highest BCUT2D eigenvalue weighted by atomic mass is 32.2. The molecule has 1 amide bonds. The van der Waals surface area contributed by atoms with E-state index in [2.05, 4.69) is 5.32 Å². The van der Waals surface area contributed by atoms with Gasteiger partial charge in [0.05, 0.1) is 12.4 Å². The van der Waals surface area contributed by atoms with Crippen molar-refractivity contribution in [3.63, 3.8) is 0 Å². The fraction of sp³-hybridized carbons (Fsp3) is 0.316. The minimum atomic E-state index is -3.69. The zero-order valence-electron chi connectivity index (χ0n) is 15.6. The molecule has 2 rings (SSSR count). The van der Waals surface area contributed by atoms with E-state index in [1.54, 1.807) is 19.1 Å². The molecule has 0 aliphatic heterocycles. The average Bonchev–Trinajstić information content (AvgIpc) is 2.64. The van der Waals surface area contributed by atoms with E-state index in [1.165, 1.54) is 31.9 Å². The van der Waals surface area contributed by atoms with E-state index >= 15 is 0 Å². The Kier molecular flexibility index (Phi) is 7.70. The lowest BCUT2D eigenvalue weighted by Gasteiger charge is -2.16. The minimum absolute atomic E-state index is 0.0316. The van der Waals surface area contributed by atoms with Gasteiger partial charge >= 0.3 is 0 Å². The first-order valence-electron chi connectivity index (χ1n) is 8.45. The Bertz CT molecular complexity index is 869. The van der Waals surface area contributed by atoms with Crippen LogP contribution in [-0.4, -0.2) is 45.1 Å². The number of ether oxygens (including phenoxy) is 1. The topological polar surface area (TPSA) is 75.7 Å². The molecule has 2 aromatic rings. The Labute approximate surface area is 165 Å². The first-order valence-corrected chi connectivity index (χ1v) is 11.0. The molecular formula is C19H24N2O4S2. The molecule has 0 atom stereocenters.